The molecule has 3 aliphatic rings. The van der Waals surface area contributed by atoms with Gasteiger partial charge in [-0.15, -0.1) is 0 Å². The summed E-state index contributed by atoms with van der Waals surface area (Å²) in [6, 6.07) is 7.45. The van der Waals surface area contributed by atoms with Crippen LogP contribution in [0.1, 0.15) is 52.1 Å². The Hall–Kier alpha value is -2.45. The molecule has 3 heterocycles. The number of ether oxygens (including phenoxy) is 2. The van der Waals surface area contributed by atoms with E-state index in [1.807, 2.05) is 51.1 Å². The molecule has 0 saturated carbocycles. The summed E-state index contributed by atoms with van der Waals surface area (Å²) in [4.78, 5) is 41.8. The molecular formula is C24H32N2O6. The molecule has 2 N–H and O–H groups in total. The molecule has 32 heavy (non-hydrogen) atoms. The largest absolute Gasteiger partial charge is 0.466 e. The number of amides is 2. The van der Waals surface area contributed by atoms with Gasteiger partial charge < -0.3 is 24.8 Å². The monoisotopic (exact) mass is 444 g/mol. The van der Waals surface area contributed by atoms with Crippen molar-refractivity contribution < 1.29 is 29.0 Å². The zero-order valence-electron chi connectivity index (χ0n) is 19.0. The van der Waals surface area contributed by atoms with Crippen molar-refractivity contribution in [3.05, 3.63) is 35.9 Å². The van der Waals surface area contributed by atoms with Gasteiger partial charge in [0.05, 0.1) is 37.2 Å². The van der Waals surface area contributed by atoms with Gasteiger partial charge in [0.15, 0.2) is 0 Å². The number of nitrogens with zero attached hydrogens (tertiary/aromatic N) is 1. The summed E-state index contributed by atoms with van der Waals surface area (Å²) in [5.41, 5.74) is -0.925. The fourth-order valence-electron chi connectivity index (χ4n) is 5.70. The average molecular weight is 445 g/mol. The van der Waals surface area contributed by atoms with Gasteiger partial charge in [0.2, 0.25) is 11.8 Å². The van der Waals surface area contributed by atoms with Crippen LogP contribution in [0.4, 0.5) is 0 Å². The van der Waals surface area contributed by atoms with Crippen LogP contribution < -0.4 is 5.32 Å². The van der Waals surface area contributed by atoms with Crippen molar-refractivity contribution in [1.29, 1.82) is 0 Å². The number of hydrogen-bond acceptors (Lipinski definition) is 6. The maximum atomic E-state index is 13.9. The van der Waals surface area contributed by atoms with Gasteiger partial charge in [-0.1, -0.05) is 30.3 Å². The topological polar surface area (TPSA) is 105 Å². The third-order valence-corrected chi connectivity index (χ3v) is 6.74. The van der Waals surface area contributed by atoms with E-state index in [-0.39, 0.29) is 25.0 Å². The first-order valence-corrected chi connectivity index (χ1v) is 11.3. The SMILES string of the molecule is CCOC(=O)[C@@H]1[C@H]2C(=O)N([C@H](CO)c3ccccc3)C(C(=O)NC(C)(C)C)C23CC[C@H]1O3. The lowest BCUT2D eigenvalue weighted by Gasteiger charge is -2.38. The Balaban J connectivity index is 1.81. The van der Waals surface area contributed by atoms with Crippen molar-refractivity contribution in [3.63, 3.8) is 0 Å². The van der Waals surface area contributed by atoms with Crippen LogP contribution in [-0.4, -0.2) is 64.3 Å². The van der Waals surface area contributed by atoms with E-state index in [9.17, 15) is 19.5 Å². The van der Waals surface area contributed by atoms with E-state index >= 15 is 0 Å². The number of nitrogens with one attached hydrogen (secondary N) is 1. The molecule has 1 aromatic rings. The normalized spacial score (nSPS) is 32.0. The summed E-state index contributed by atoms with van der Waals surface area (Å²) >= 11 is 0. The van der Waals surface area contributed by atoms with Crippen molar-refractivity contribution in [2.45, 2.75) is 69.9 Å². The number of hydrogen-bond donors (Lipinski definition) is 2. The van der Waals surface area contributed by atoms with Crippen LogP contribution in [0, 0.1) is 11.8 Å². The standard InChI is InChI=1S/C24H32N2O6/c1-5-31-22(30)17-16-11-12-24(32-16)18(17)21(29)26(19(24)20(28)25-23(2,3)4)15(13-27)14-9-7-6-8-10-14/h6-10,15-19,27H,5,11-13H2,1-4H3,(H,25,28)/t15-,16-,17+,18+,19?,24?/m1/s1. The van der Waals surface area contributed by atoms with Crippen LogP contribution in [-0.2, 0) is 23.9 Å². The summed E-state index contributed by atoms with van der Waals surface area (Å²) in [6.07, 6.45) is 0.630. The Morgan fingerprint density at radius 2 is 2.00 bits per heavy atom. The molecule has 174 valence electrons. The zero-order chi connectivity index (χ0) is 23.3. The number of aliphatic hydroxyl groups is 1. The summed E-state index contributed by atoms with van der Waals surface area (Å²) in [5.74, 6) is -2.71. The first-order chi connectivity index (χ1) is 15.1. The van der Waals surface area contributed by atoms with Gasteiger partial charge in [0, 0.05) is 5.54 Å². The second-order valence-electron chi connectivity index (χ2n) is 9.90. The maximum absolute atomic E-state index is 13.9. The maximum Gasteiger partial charge on any atom is 0.312 e. The lowest BCUT2D eigenvalue weighted by Crippen LogP contribution is -2.59. The second-order valence-corrected chi connectivity index (χ2v) is 9.90. The molecule has 4 rings (SSSR count). The van der Waals surface area contributed by atoms with E-state index in [2.05, 4.69) is 5.32 Å². The fraction of sp³-hybridized carbons (Fsp3) is 0.625. The van der Waals surface area contributed by atoms with Gasteiger partial charge in [0.1, 0.15) is 11.6 Å². The molecule has 0 aromatic heterocycles. The molecule has 8 heteroatoms. The van der Waals surface area contributed by atoms with Gasteiger partial charge in [-0.2, -0.15) is 0 Å². The molecule has 2 bridgehead atoms. The van der Waals surface area contributed by atoms with Gasteiger partial charge in [-0.25, -0.2) is 0 Å². The number of carbonyl (C=O) groups is 3. The number of benzene rings is 1. The Morgan fingerprint density at radius 3 is 2.59 bits per heavy atom. The summed E-state index contributed by atoms with van der Waals surface area (Å²) in [6.45, 7) is 7.19. The first-order valence-electron chi connectivity index (χ1n) is 11.3. The van der Waals surface area contributed by atoms with Gasteiger partial charge in [-0.3, -0.25) is 14.4 Å². The highest BCUT2D eigenvalue weighted by Crippen LogP contribution is 2.59. The average Bonchev–Trinajstić information content (AvgIpc) is 3.36. The minimum Gasteiger partial charge on any atom is -0.466 e. The van der Waals surface area contributed by atoms with Crippen LogP contribution in [0.3, 0.4) is 0 Å². The number of likely N-dealkylation sites (tertiary alicyclic amines) is 1. The Kier molecular flexibility index (Phi) is 5.79. The quantitative estimate of drug-likeness (QED) is 0.646. The Labute approximate surface area is 188 Å². The van der Waals surface area contributed by atoms with Crippen molar-refractivity contribution in [1.82, 2.24) is 10.2 Å². The molecule has 3 saturated heterocycles. The van der Waals surface area contributed by atoms with E-state index in [4.69, 9.17) is 9.47 Å². The number of carbonyl (C=O) groups excluding carboxylic acids is 3. The summed E-state index contributed by atoms with van der Waals surface area (Å²) in [7, 11) is 0. The highest BCUT2D eigenvalue weighted by Gasteiger charge is 2.75. The molecular weight excluding hydrogens is 412 g/mol. The van der Waals surface area contributed by atoms with Gasteiger partial charge >= 0.3 is 5.97 Å². The molecule has 3 fully saturated rings. The number of aliphatic hydroxyl groups excluding tert-OH is 1. The highest BCUT2D eigenvalue weighted by molar-refractivity contribution is 5.98. The van der Waals surface area contributed by atoms with E-state index in [0.29, 0.717) is 12.8 Å². The summed E-state index contributed by atoms with van der Waals surface area (Å²) in [5, 5.41) is 13.3. The van der Waals surface area contributed by atoms with Crippen molar-refractivity contribution in [3.8, 4) is 0 Å². The molecule has 1 spiro atoms. The minimum absolute atomic E-state index is 0.205. The summed E-state index contributed by atoms with van der Waals surface area (Å²) < 4.78 is 11.6. The predicted octanol–water partition coefficient (Wildman–Crippen LogP) is 1.57. The van der Waals surface area contributed by atoms with Crippen molar-refractivity contribution >= 4 is 17.8 Å². The third-order valence-electron chi connectivity index (χ3n) is 6.74. The molecule has 2 unspecified atom stereocenters. The highest BCUT2D eigenvalue weighted by atomic mass is 16.6. The zero-order valence-corrected chi connectivity index (χ0v) is 19.0. The lowest BCUT2D eigenvalue weighted by atomic mass is 9.70. The van der Waals surface area contributed by atoms with Crippen LogP contribution >= 0.6 is 0 Å². The third kappa shape index (κ3) is 3.49. The second kappa shape index (κ2) is 8.15. The lowest BCUT2D eigenvalue weighted by molar-refractivity contribution is -0.155. The molecule has 2 amide bonds. The fourth-order valence-corrected chi connectivity index (χ4v) is 5.70. The molecule has 3 aliphatic heterocycles. The van der Waals surface area contributed by atoms with E-state index in [1.165, 1.54) is 4.90 Å². The number of esters is 1. The number of rotatable bonds is 6. The van der Waals surface area contributed by atoms with E-state index in [0.717, 1.165) is 5.56 Å². The molecule has 1 aromatic carbocycles. The molecule has 6 atom stereocenters. The van der Waals surface area contributed by atoms with Gasteiger partial charge in [-0.05, 0) is 46.1 Å². The van der Waals surface area contributed by atoms with E-state index < -0.39 is 47.1 Å². The van der Waals surface area contributed by atoms with Crippen LogP contribution in [0.2, 0.25) is 0 Å². The molecule has 0 aliphatic carbocycles. The molecule has 8 nitrogen and oxygen atoms in total. The van der Waals surface area contributed by atoms with Crippen molar-refractivity contribution in [2.75, 3.05) is 13.2 Å². The molecule has 0 radical (unpaired) electrons. The number of fused-ring (bicyclic) bond motifs is 1. The van der Waals surface area contributed by atoms with Crippen LogP contribution in [0.5, 0.6) is 0 Å². The van der Waals surface area contributed by atoms with Crippen molar-refractivity contribution in [2.24, 2.45) is 11.8 Å². The van der Waals surface area contributed by atoms with Crippen LogP contribution in [0.15, 0.2) is 30.3 Å². The van der Waals surface area contributed by atoms with E-state index in [1.54, 1.807) is 6.92 Å². The van der Waals surface area contributed by atoms with Gasteiger partial charge in [0.25, 0.3) is 0 Å². The Morgan fingerprint density at radius 1 is 1.31 bits per heavy atom. The smallest absolute Gasteiger partial charge is 0.312 e. The Bertz CT molecular complexity index is 898. The predicted molar refractivity (Wildman–Crippen MR) is 115 cm³/mol. The van der Waals surface area contributed by atoms with Crippen LogP contribution in [0.25, 0.3) is 0 Å². The minimum atomic E-state index is -1.11. The first kappa shape index (κ1) is 22.7.